The lowest BCUT2D eigenvalue weighted by atomic mass is 10.0. The molecule has 0 unspecified atom stereocenters. The Morgan fingerprint density at radius 3 is 2.89 bits per heavy atom. The highest BCUT2D eigenvalue weighted by atomic mass is 16.5. The van der Waals surface area contributed by atoms with Crippen molar-refractivity contribution in [2.45, 2.75) is 31.4 Å². The molecule has 2 heteroatoms. The Morgan fingerprint density at radius 2 is 2.67 bits per heavy atom. The second kappa shape index (κ2) is 1.70. The van der Waals surface area contributed by atoms with E-state index in [1.165, 1.54) is 6.42 Å². The zero-order valence-corrected chi connectivity index (χ0v) is 5.81. The van der Waals surface area contributed by atoms with Crippen molar-refractivity contribution in [1.82, 2.24) is 5.32 Å². The smallest absolute Gasteiger partial charge is 0.0820 e. The van der Waals surface area contributed by atoms with Crippen molar-refractivity contribution in [3.63, 3.8) is 0 Å². The zero-order valence-electron chi connectivity index (χ0n) is 5.81. The highest BCUT2D eigenvalue weighted by molar-refractivity contribution is 4.99. The Balaban J connectivity index is 2.13. The van der Waals surface area contributed by atoms with Gasteiger partial charge in [0.2, 0.25) is 0 Å². The monoisotopic (exact) mass is 127 g/mol. The van der Waals surface area contributed by atoms with E-state index in [2.05, 4.69) is 12.2 Å². The van der Waals surface area contributed by atoms with E-state index in [4.69, 9.17) is 4.74 Å². The third-order valence-corrected chi connectivity index (χ3v) is 2.57. The van der Waals surface area contributed by atoms with Gasteiger partial charge in [-0.2, -0.15) is 0 Å². The van der Waals surface area contributed by atoms with Crippen LogP contribution in [0.1, 0.15) is 19.8 Å². The van der Waals surface area contributed by atoms with Gasteiger partial charge in [-0.1, -0.05) is 6.92 Å². The predicted molar refractivity (Wildman–Crippen MR) is 35.4 cm³/mol. The van der Waals surface area contributed by atoms with E-state index in [0.717, 1.165) is 19.6 Å². The molecule has 0 aromatic rings. The zero-order chi connectivity index (χ0) is 6.32. The van der Waals surface area contributed by atoms with Crippen LogP contribution in [0.3, 0.4) is 0 Å². The van der Waals surface area contributed by atoms with Crippen molar-refractivity contribution >= 4 is 0 Å². The summed E-state index contributed by atoms with van der Waals surface area (Å²) >= 11 is 0. The van der Waals surface area contributed by atoms with Crippen molar-refractivity contribution in [1.29, 1.82) is 0 Å². The summed E-state index contributed by atoms with van der Waals surface area (Å²) < 4.78 is 5.63. The first-order valence-corrected chi connectivity index (χ1v) is 3.72. The topological polar surface area (TPSA) is 21.3 Å². The van der Waals surface area contributed by atoms with E-state index in [1.807, 2.05) is 0 Å². The molecule has 52 valence electrons. The van der Waals surface area contributed by atoms with Gasteiger partial charge in [0.15, 0.2) is 0 Å². The molecule has 2 bridgehead atoms. The molecular weight excluding hydrogens is 114 g/mol. The molecule has 2 rings (SSSR count). The molecule has 0 amide bonds. The minimum absolute atomic E-state index is 0.241. The number of rotatable bonds is 1. The third-order valence-electron chi connectivity index (χ3n) is 2.57. The second-order valence-electron chi connectivity index (χ2n) is 3.13. The van der Waals surface area contributed by atoms with Crippen LogP contribution in [0, 0.1) is 0 Å². The lowest BCUT2D eigenvalue weighted by molar-refractivity contribution is -0.00825. The second-order valence-corrected chi connectivity index (χ2v) is 3.13. The molecule has 0 spiro atoms. The molecule has 2 aliphatic rings. The quantitative estimate of drug-likeness (QED) is 0.554. The van der Waals surface area contributed by atoms with Gasteiger partial charge in [-0.25, -0.2) is 0 Å². The molecule has 0 radical (unpaired) electrons. The Kier molecular flexibility index (Phi) is 1.08. The van der Waals surface area contributed by atoms with Crippen molar-refractivity contribution < 1.29 is 4.74 Å². The number of morpholine rings is 1. The SMILES string of the molecule is CC[C@@]12CN[C@@H](CO1)C2. The van der Waals surface area contributed by atoms with E-state index in [-0.39, 0.29) is 5.60 Å². The summed E-state index contributed by atoms with van der Waals surface area (Å²) in [5.41, 5.74) is 0.241. The molecule has 2 nitrogen and oxygen atoms in total. The molecule has 2 aliphatic heterocycles. The Hall–Kier alpha value is -0.0800. The minimum Gasteiger partial charge on any atom is -0.372 e. The van der Waals surface area contributed by atoms with Crippen LogP contribution in [0.15, 0.2) is 0 Å². The van der Waals surface area contributed by atoms with Gasteiger partial charge in [0.05, 0.1) is 12.2 Å². The van der Waals surface area contributed by atoms with Crippen LogP contribution < -0.4 is 5.32 Å². The van der Waals surface area contributed by atoms with Gasteiger partial charge in [-0.05, 0) is 12.8 Å². The lowest BCUT2D eigenvalue weighted by Gasteiger charge is -2.24. The predicted octanol–water partition coefficient (Wildman–Crippen LogP) is 0.527. The standard InChI is InChI=1S/C7H13NO/c1-2-7-3-6(4-9-7)8-5-7/h6,8H,2-5H2,1H3/t6-,7-/m1/s1. The summed E-state index contributed by atoms with van der Waals surface area (Å²) in [6, 6.07) is 0.671. The summed E-state index contributed by atoms with van der Waals surface area (Å²) in [4.78, 5) is 0. The van der Waals surface area contributed by atoms with Crippen molar-refractivity contribution in [3.05, 3.63) is 0 Å². The fraction of sp³-hybridized carbons (Fsp3) is 1.00. The maximum atomic E-state index is 5.63. The summed E-state index contributed by atoms with van der Waals surface area (Å²) in [7, 11) is 0. The summed E-state index contributed by atoms with van der Waals surface area (Å²) in [6.45, 7) is 4.22. The average molecular weight is 127 g/mol. The van der Waals surface area contributed by atoms with Gasteiger partial charge in [0, 0.05) is 12.6 Å². The van der Waals surface area contributed by atoms with Crippen LogP contribution in [0.2, 0.25) is 0 Å². The number of nitrogens with one attached hydrogen (secondary N) is 1. The molecule has 0 aromatic heterocycles. The highest BCUT2D eigenvalue weighted by Gasteiger charge is 2.44. The van der Waals surface area contributed by atoms with Gasteiger partial charge >= 0.3 is 0 Å². The largest absolute Gasteiger partial charge is 0.372 e. The van der Waals surface area contributed by atoms with E-state index < -0.39 is 0 Å². The van der Waals surface area contributed by atoms with E-state index in [1.54, 1.807) is 0 Å². The van der Waals surface area contributed by atoms with E-state index in [9.17, 15) is 0 Å². The maximum Gasteiger partial charge on any atom is 0.0820 e. The summed E-state index contributed by atoms with van der Waals surface area (Å²) in [5, 5.41) is 3.42. The van der Waals surface area contributed by atoms with Crippen molar-refractivity contribution in [3.8, 4) is 0 Å². The van der Waals surface area contributed by atoms with E-state index >= 15 is 0 Å². The molecule has 2 fully saturated rings. The number of fused-ring (bicyclic) bond motifs is 2. The fourth-order valence-corrected chi connectivity index (χ4v) is 1.80. The highest BCUT2D eigenvalue weighted by Crippen LogP contribution is 2.33. The van der Waals surface area contributed by atoms with Crippen LogP contribution in [0.25, 0.3) is 0 Å². The first-order chi connectivity index (χ1) is 4.35. The first kappa shape index (κ1) is 5.69. The van der Waals surface area contributed by atoms with Crippen LogP contribution >= 0.6 is 0 Å². The molecule has 0 saturated carbocycles. The lowest BCUT2D eigenvalue weighted by Crippen LogP contribution is -2.38. The molecule has 2 atom stereocenters. The van der Waals surface area contributed by atoms with Gasteiger partial charge in [-0.3, -0.25) is 0 Å². The van der Waals surface area contributed by atoms with Crippen LogP contribution in [0.4, 0.5) is 0 Å². The molecule has 2 saturated heterocycles. The number of hydrogen-bond acceptors (Lipinski definition) is 2. The minimum atomic E-state index is 0.241. The van der Waals surface area contributed by atoms with Gasteiger partial charge in [0.1, 0.15) is 0 Å². The van der Waals surface area contributed by atoms with E-state index in [0.29, 0.717) is 6.04 Å². The van der Waals surface area contributed by atoms with Crippen LogP contribution in [-0.2, 0) is 4.74 Å². The Labute approximate surface area is 55.6 Å². The Morgan fingerprint density at radius 1 is 1.78 bits per heavy atom. The van der Waals surface area contributed by atoms with Gasteiger partial charge in [-0.15, -0.1) is 0 Å². The van der Waals surface area contributed by atoms with Crippen molar-refractivity contribution in [2.24, 2.45) is 0 Å². The normalized spacial score (nSPS) is 48.3. The number of hydrogen-bond donors (Lipinski definition) is 1. The maximum absolute atomic E-state index is 5.63. The molecule has 0 aromatic carbocycles. The third kappa shape index (κ3) is 0.700. The number of ether oxygens (including phenoxy) is 1. The molecule has 2 heterocycles. The molecule has 9 heavy (non-hydrogen) atoms. The Bertz CT molecular complexity index is 116. The van der Waals surface area contributed by atoms with Crippen LogP contribution in [0.5, 0.6) is 0 Å². The summed E-state index contributed by atoms with van der Waals surface area (Å²) in [6.07, 6.45) is 2.40. The average Bonchev–Trinajstić information content (AvgIpc) is 2.46. The van der Waals surface area contributed by atoms with Crippen LogP contribution in [-0.4, -0.2) is 24.8 Å². The summed E-state index contributed by atoms with van der Waals surface area (Å²) in [5.74, 6) is 0. The molecule has 0 aliphatic carbocycles. The molecule has 1 N–H and O–H groups in total. The fourth-order valence-electron chi connectivity index (χ4n) is 1.80. The first-order valence-electron chi connectivity index (χ1n) is 3.72. The van der Waals surface area contributed by atoms with Gasteiger partial charge in [0.25, 0.3) is 0 Å². The van der Waals surface area contributed by atoms with Gasteiger partial charge < -0.3 is 10.1 Å². The van der Waals surface area contributed by atoms with Crippen molar-refractivity contribution in [2.75, 3.05) is 13.2 Å². The molecular formula is C7H13NO.